The number of carbonyl (C=O) groups is 2. The fourth-order valence-electron chi connectivity index (χ4n) is 3.38. The standard InChI is InChI=1S/C22H20F2N6O2.H2/c1-4-18(31)17-5-11(2)14(10-26-17)16-6-12-9-27-19(7-13(12)20(28-16)30-25-3)29-21(32)15-8-22(15,23)24;/h5-7,9-10,15H,3-4,8H2,1-2H3,(H,28,30)(H,27,29,32);1H/t15-;/m1./s1. The van der Waals surface area contributed by atoms with Gasteiger partial charge in [0, 0.05) is 49.7 Å². The number of nitrogens with zero attached hydrogens (tertiary/aromatic N) is 4. The number of hydrogen-bond acceptors (Lipinski definition) is 7. The Hall–Kier alpha value is -3.82. The van der Waals surface area contributed by atoms with Crippen molar-refractivity contribution >= 4 is 40.8 Å². The molecule has 0 spiro atoms. The van der Waals surface area contributed by atoms with Crippen molar-refractivity contribution in [3.63, 3.8) is 0 Å². The van der Waals surface area contributed by atoms with Crippen LogP contribution in [0.5, 0.6) is 0 Å². The number of rotatable bonds is 7. The molecule has 1 aliphatic rings. The molecule has 0 aromatic carbocycles. The van der Waals surface area contributed by atoms with Crippen LogP contribution in [0.1, 0.15) is 37.2 Å². The molecule has 4 rings (SSSR count). The molecular formula is C22H22F2N6O2. The molecule has 1 amide bonds. The number of ketones is 1. The van der Waals surface area contributed by atoms with E-state index in [0.29, 0.717) is 34.4 Å². The van der Waals surface area contributed by atoms with E-state index in [1.165, 1.54) is 12.3 Å². The molecule has 0 aliphatic heterocycles. The van der Waals surface area contributed by atoms with Crippen LogP contribution in [0.2, 0.25) is 0 Å². The average molecular weight is 440 g/mol. The Balaban J connectivity index is 0.00000306. The average Bonchev–Trinajstić information content (AvgIpc) is 3.41. The van der Waals surface area contributed by atoms with Crippen LogP contribution >= 0.6 is 0 Å². The molecule has 32 heavy (non-hydrogen) atoms. The van der Waals surface area contributed by atoms with Crippen LogP contribution < -0.4 is 10.7 Å². The molecule has 1 fully saturated rings. The largest absolute Gasteiger partial charge is 0.310 e. The summed E-state index contributed by atoms with van der Waals surface area (Å²) in [5, 5.41) is 7.34. The highest BCUT2D eigenvalue weighted by Gasteiger charge is 2.61. The summed E-state index contributed by atoms with van der Waals surface area (Å²) in [6.45, 7) is 7.06. The van der Waals surface area contributed by atoms with Crippen LogP contribution in [0, 0.1) is 12.8 Å². The predicted molar refractivity (Wildman–Crippen MR) is 119 cm³/mol. The van der Waals surface area contributed by atoms with Crippen molar-refractivity contribution in [1.82, 2.24) is 15.0 Å². The molecular weight excluding hydrogens is 418 g/mol. The predicted octanol–water partition coefficient (Wildman–Crippen LogP) is 4.46. The lowest BCUT2D eigenvalue weighted by atomic mass is 10.0. The second-order valence-electron chi connectivity index (χ2n) is 7.58. The van der Waals surface area contributed by atoms with Crippen molar-refractivity contribution in [2.24, 2.45) is 11.0 Å². The van der Waals surface area contributed by atoms with Gasteiger partial charge in [-0.25, -0.2) is 18.7 Å². The van der Waals surface area contributed by atoms with Crippen LogP contribution in [0.4, 0.5) is 20.4 Å². The van der Waals surface area contributed by atoms with Gasteiger partial charge < -0.3 is 5.32 Å². The molecule has 1 aliphatic carbocycles. The van der Waals surface area contributed by atoms with E-state index < -0.39 is 24.2 Å². The number of anilines is 2. The Labute approximate surface area is 183 Å². The highest BCUT2D eigenvalue weighted by atomic mass is 19.3. The Morgan fingerprint density at radius 2 is 2.03 bits per heavy atom. The van der Waals surface area contributed by atoms with Gasteiger partial charge in [-0.2, -0.15) is 5.10 Å². The molecule has 166 valence electrons. The van der Waals surface area contributed by atoms with E-state index in [-0.39, 0.29) is 13.0 Å². The number of aromatic nitrogens is 3. The summed E-state index contributed by atoms with van der Waals surface area (Å²) in [7, 11) is 0. The summed E-state index contributed by atoms with van der Waals surface area (Å²) < 4.78 is 26.3. The SMILES string of the molecule is C=NNc1nc(-c2cnc(C(=O)CC)cc2C)cc2cnc(NC(=O)[C@H]3CC3(F)F)cc12.[HH]. The first kappa shape index (κ1) is 21.4. The van der Waals surface area contributed by atoms with Crippen molar-refractivity contribution < 1.29 is 19.8 Å². The van der Waals surface area contributed by atoms with Gasteiger partial charge >= 0.3 is 0 Å². The maximum Gasteiger partial charge on any atom is 0.260 e. The monoisotopic (exact) mass is 440 g/mol. The first-order chi connectivity index (χ1) is 15.2. The van der Waals surface area contributed by atoms with E-state index in [0.717, 1.165) is 11.1 Å². The molecule has 3 heterocycles. The van der Waals surface area contributed by atoms with Gasteiger partial charge in [0.2, 0.25) is 5.91 Å². The highest BCUT2D eigenvalue weighted by Crippen LogP contribution is 2.49. The first-order valence-electron chi connectivity index (χ1n) is 9.95. The second kappa shape index (κ2) is 8.03. The molecule has 3 aromatic rings. The van der Waals surface area contributed by atoms with Crippen molar-refractivity contribution in [2.45, 2.75) is 32.6 Å². The van der Waals surface area contributed by atoms with Crippen molar-refractivity contribution in [2.75, 3.05) is 10.7 Å². The number of nitrogens with one attached hydrogen (secondary N) is 2. The van der Waals surface area contributed by atoms with E-state index in [9.17, 15) is 18.4 Å². The number of Topliss-reactive ketones (excluding diaryl/α,β-unsaturated/α-hetero) is 1. The number of fused-ring (bicyclic) bond motifs is 1. The van der Waals surface area contributed by atoms with Gasteiger partial charge in [0.05, 0.1) is 5.69 Å². The number of hydrogen-bond donors (Lipinski definition) is 2. The van der Waals surface area contributed by atoms with Gasteiger partial charge in [0.15, 0.2) is 11.6 Å². The normalized spacial score (nSPS) is 16.4. The van der Waals surface area contributed by atoms with Crippen molar-refractivity contribution in [3.05, 3.63) is 41.9 Å². The number of amides is 1. The van der Waals surface area contributed by atoms with E-state index >= 15 is 0 Å². The number of aryl methyl sites for hydroxylation is 1. The van der Waals surface area contributed by atoms with E-state index in [1.807, 2.05) is 6.92 Å². The summed E-state index contributed by atoms with van der Waals surface area (Å²) in [4.78, 5) is 36.9. The summed E-state index contributed by atoms with van der Waals surface area (Å²) in [5.74, 6) is -4.63. The molecule has 0 radical (unpaired) electrons. The third-order valence-corrected chi connectivity index (χ3v) is 5.29. The van der Waals surface area contributed by atoms with Crippen LogP contribution in [0.15, 0.2) is 35.7 Å². The first-order valence-corrected chi connectivity index (χ1v) is 9.95. The molecule has 0 unspecified atom stereocenters. The van der Waals surface area contributed by atoms with E-state index in [2.05, 4.69) is 37.5 Å². The Bertz CT molecular complexity index is 1270. The molecule has 0 saturated heterocycles. The van der Waals surface area contributed by atoms with Gasteiger partial charge in [0.1, 0.15) is 17.4 Å². The van der Waals surface area contributed by atoms with Gasteiger partial charge in [-0.05, 0) is 30.7 Å². The van der Waals surface area contributed by atoms with Gasteiger partial charge in [-0.3, -0.25) is 20.0 Å². The molecule has 10 heteroatoms. The maximum atomic E-state index is 13.2. The fraction of sp³-hybridized carbons (Fsp3) is 0.273. The van der Waals surface area contributed by atoms with Crippen LogP contribution in [0.25, 0.3) is 22.0 Å². The van der Waals surface area contributed by atoms with Crippen LogP contribution in [0.3, 0.4) is 0 Å². The van der Waals surface area contributed by atoms with Crippen molar-refractivity contribution in [1.29, 1.82) is 0 Å². The zero-order valence-corrected chi connectivity index (χ0v) is 17.4. The second-order valence-corrected chi connectivity index (χ2v) is 7.58. The molecule has 2 N–H and O–H groups in total. The molecule has 3 aromatic heterocycles. The zero-order valence-electron chi connectivity index (χ0n) is 17.4. The summed E-state index contributed by atoms with van der Waals surface area (Å²) in [5.41, 5.74) is 5.22. The smallest absolute Gasteiger partial charge is 0.260 e. The van der Waals surface area contributed by atoms with Gasteiger partial charge in [-0.1, -0.05) is 6.92 Å². The topological polar surface area (TPSA) is 109 Å². The van der Waals surface area contributed by atoms with Crippen LogP contribution in [-0.2, 0) is 4.79 Å². The lowest BCUT2D eigenvalue weighted by Gasteiger charge is -2.12. The van der Waals surface area contributed by atoms with Crippen LogP contribution in [-0.4, -0.2) is 39.3 Å². The minimum Gasteiger partial charge on any atom is -0.310 e. The number of carbonyl (C=O) groups excluding carboxylic acids is 2. The third-order valence-electron chi connectivity index (χ3n) is 5.29. The summed E-state index contributed by atoms with van der Waals surface area (Å²) in [6.07, 6.45) is 3.01. The lowest BCUT2D eigenvalue weighted by molar-refractivity contribution is -0.119. The van der Waals surface area contributed by atoms with E-state index in [4.69, 9.17) is 0 Å². The number of pyridine rings is 3. The van der Waals surface area contributed by atoms with Crippen molar-refractivity contribution in [3.8, 4) is 11.3 Å². The summed E-state index contributed by atoms with van der Waals surface area (Å²) in [6, 6.07) is 5.03. The Morgan fingerprint density at radius 1 is 1.28 bits per heavy atom. The molecule has 1 saturated carbocycles. The minimum absolute atomic E-state index is 0. The van der Waals surface area contributed by atoms with Gasteiger partial charge in [-0.15, -0.1) is 0 Å². The Morgan fingerprint density at radius 3 is 2.66 bits per heavy atom. The number of halogens is 2. The number of hydrazone groups is 1. The Kier molecular flexibility index (Phi) is 5.37. The maximum absolute atomic E-state index is 13.2. The quantitative estimate of drug-likeness (QED) is 0.319. The lowest BCUT2D eigenvalue weighted by Crippen LogP contribution is -2.18. The van der Waals surface area contributed by atoms with Gasteiger partial charge in [0.25, 0.3) is 5.92 Å². The minimum atomic E-state index is -2.96. The molecule has 8 nitrogen and oxygen atoms in total. The highest BCUT2D eigenvalue weighted by molar-refractivity contribution is 6.00. The fourth-order valence-corrected chi connectivity index (χ4v) is 3.38. The zero-order chi connectivity index (χ0) is 23.0. The molecule has 0 bridgehead atoms. The number of alkyl halides is 2. The third kappa shape index (κ3) is 4.03. The van der Waals surface area contributed by atoms with E-state index in [1.54, 1.807) is 25.3 Å². The molecule has 1 atom stereocenters. The summed E-state index contributed by atoms with van der Waals surface area (Å²) >= 11 is 0.